The lowest BCUT2D eigenvalue weighted by atomic mass is 10.1. The fraction of sp³-hybridized carbons (Fsp3) is 0.429. The van der Waals surface area contributed by atoms with Gasteiger partial charge in [0.15, 0.2) is 0 Å². The van der Waals surface area contributed by atoms with Crippen LogP contribution >= 0.6 is 0 Å². The summed E-state index contributed by atoms with van der Waals surface area (Å²) in [6, 6.07) is 0. The molecule has 1 heteroatoms. The quantitative estimate of drug-likeness (QED) is 0.500. The van der Waals surface area contributed by atoms with Gasteiger partial charge < -0.3 is 4.90 Å². The Labute approximate surface area is 93.5 Å². The molecule has 15 heavy (non-hydrogen) atoms. The van der Waals surface area contributed by atoms with Crippen molar-refractivity contribution in [3.05, 3.63) is 48.1 Å². The summed E-state index contributed by atoms with van der Waals surface area (Å²) in [6.45, 7) is 8.09. The Hall–Kier alpha value is -1.08. The van der Waals surface area contributed by atoms with Gasteiger partial charge in [0.05, 0.1) is 0 Å². The van der Waals surface area contributed by atoms with Gasteiger partial charge in [-0.15, -0.1) is 6.58 Å². The zero-order valence-corrected chi connectivity index (χ0v) is 9.87. The predicted octanol–water partition coefficient (Wildman–Crippen LogP) is 3.33. The zero-order chi connectivity index (χ0) is 11.1. The fourth-order valence-corrected chi connectivity index (χ4v) is 1.51. The van der Waals surface area contributed by atoms with Gasteiger partial charge in [-0.25, -0.2) is 0 Å². The van der Waals surface area contributed by atoms with Crippen LogP contribution in [0.2, 0.25) is 0 Å². The molecule has 1 aliphatic heterocycles. The average molecular weight is 203 g/mol. The average Bonchev–Trinajstić information content (AvgIpc) is 2.25. The molecule has 82 valence electrons. The normalized spacial score (nSPS) is 19.3. The van der Waals surface area contributed by atoms with Crippen LogP contribution in [0.15, 0.2) is 48.1 Å². The Kier molecular flexibility index (Phi) is 5.13. The first-order valence-electron chi connectivity index (χ1n) is 5.55. The van der Waals surface area contributed by atoms with E-state index in [-0.39, 0.29) is 0 Å². The van der Waals surface area contributed by atoms with Crippen LogP contribution in [0.1, 0.15) is 19.8 Å². The van der Waals surface area contributed by atoms with Crippen LogP contribution in [0, 0.1) is 0 Å². The number of likely N-dealkylation sites (N-methyl/N-ethyl adjacent to an activating group) is 1. The summed E-state index contributed by atoms with van der Waals surface area (Å²) in [5.74, 6) is 0. The molecule has 0 N–H and O–H groups in total. The Bertz CT molecular complexity index is 294. The first kappa shape index (κ1) is 12.0. The lowest BCUT2D eigenvalue weighted by molar-refractivity contribution is 0.361. The Morgan fingerprint density at radius 1 is 1.60 bits per heavy atom. The molecule has 0 saturated carbocycles. The van der Waals surface area contributed by atoms with Gasteiger partial charge in [0, 0.05) is 13.1 Å². The molecule has 0 unspecified atom stereocenters. The van der Waals surface area contributed by atoms with Crippen LogP contribution in [0.25, 0.3) is 0 Å². The maximum absolute atomic E-state index is 3.71. The summed E-state index contributed by atoms with van der Waals surface area (Å²) >= 11 is 0. The van der Waals surface area contributed by atoms with Crippen molar-refractivity contribution in [1.82, 2.24) is 4.90 Å². The predicted molar refractivity (Wildman–Crippen MR) is 67.9 cm³/mol. The van der Waals surface area contributed by atoms with Crippen molar-refractivity contribution in [1.29, 1.82) is 0 Å². The van der Waals surface area contributed by atoms with Crippen molar-refractivity contribution in [3.8, 4) is 0 Å². The lowest BCUT2D eigenvalue weighted by Crippen LogP contribution is -2.23. The van der Waals surface area contributed by atoms with Crippen molar-refractivity contribution >= 4 is 0 Å². The zero-order valence-electron chi connectivity index (χ0n) is 9.87. The number of hydrogen-bond acceptors (Lipinski definition) is 1. The molecule has 1 heterocycles. The summed E-state index contributed by atoms with van der Waals surface area (Å²) in [6.07, 6.45) is 13.0. The van der Waals surface area contributed by atoms with Gasteiger partial charge in [-0.2, -0.15) is 0 Å². The van der Waals surface area contributed by atoms with Gasteiger partial charge in [0.25, 0.3) is 0 Å². The summed E-state index contributed by atoms with van der Waals surface area (Å²) in [5.41, 5.74) is 2.77. The van der Waals surface area contributed by atoms with E-state index in [1.165, 1.54) is 24.1 Å². The van der Waals surface area contributed by atoms with E-state index in [0.717, 1.165) is 13.0 Å². The molecule has 0 radical (unpaired) electrons. The molecule has 0 spiro atoms. The fourth-order valence-electron chi connectivity index (χ4n) is 1.51. The number of allylic oxidation sites excluding steroid dienone is 5. The second-order valence-corrected chi connectivity index (χ2v) is 4.10. The third kappa shape index (κ3) is 4.80. The standard InChI is InChI=1S/C14H21N/c1-4-5-6-13(2)7-8-14-9-11-15(3)12-10-14/h4,6-9H,1,5,10-12H2,2-3H3/b8-7+,13-6+. The number of rotatable bonds is 4. The molecule has 0 amide bonds. The first-order valence-corrected chi connectivity index (χ1v) is 5.55. The SMILES string of the molecule is C=CC/C=C(C)/C=C/C1=CCN(C)CC1. The first-order chi connectivity index (χ1) is 7.22. The van der Waals surface area contributed by atoms with E-state index in [2.05, 4.69) is 49.8 Å². The highest BCUT2D eigenvalue weighted by atomic mass is 15.1. The minimum atomic E-state index is 0.956. The van der Waals surface area contributed by atoms with Crippen molar-refractivity contribution in [2.45, 2.75) is 19.8 Å². The van der Waals surface area contributed by atoms with E-state index in [4.69, 9.17) is 0 Å². The summed E-state index contributed by atoms with van der Waals surface area (Å²) in [4.78, 5) is 2.33. The Morgan fingerprint density at radius 3 is 3.00 bits per heavy atom. The lowest BCUT2D eigenvalue weighted by Gasteiger charge is -2.20. The second-order valence-electron chi connectivity index (χ2n) is 4.10. The molecule has 1 aliphatic rings. The van der Waals surface area contributed by atoms with E-state index in [9.17, 15) is 0 Å². The molecule has 1 rings (SSSR count). The molecule has 0 fully saturated rings. The van der Waals surface area contributed by atoms with E-state index < -0.39 is 0 Å². The number of hydrogen-bond donors (Lipinski definition) is 0. The van der Waals surface area contributed by atoms with Gasteiger partial charge in [-0.3, -0.25) is 0 Å². The van der Waals surface area contributed by atoms with Crippen LogP contribution < -0.4 is 0 Å². The van der Waals surface area contributed by atoms with Crippen molar-refractivity contribution < 1.29 is 0 Å². The van der Waals surface area contributed by atoms with E-state index in [0.29, 0.717) is 0 Å². The molecule has 0 atom stereocenters. The van der Waals surface area contributed by atoms with Gasteiger partial charge in [0.1, 0.15) is 0 Å². The molecule has 0 aromatic heterocycles. The summed E-state index contributed by atoms with van der Waals surface area (Å²) < 4.78 is 0. The molecule has 0 bridgehead atoms. The molecule has 0 aromatic carbocycles. The maximum Gasteiger partial charge on any atom is 0.0165 e. The smallest absolute Gasteiger partial charge is 0.0165 e. The highest BCUT2D eigenvalue weighted by Gasteiger charge is 2.04. The van der Waals surface area contributed by atoms with E-state index >= 15 is 0 Å². The van der Waals surface area contributed by atoms with Crippen molar-refractivity contribution in [2.75, 3.05) is 20.1 Å². The third-order valence-electron chi connectivity index (χ3n) is 2.61. The molecule has 0 saturated heterocycles. The molecule has 0 aliphatic carbocycles. The summed E-state index contributed by atoms with van der Waals surface area (Å²) in [7, 11) is 2.16. The molecular weight excluding hydrogens is 182 g/mol. The Balaban J connectivity index is 2.47. The monoisotopic (exact) mass is 203 g/mol. The minimum Gasteiger partial charge on any atom is -0.302 e. The van der Waals surface area contributed by atoms with Gasteiger partial charge >= 0.3 is 0 Å². The van der Waals surface area contributed by atoms with Crippen LogP contribution in [0.3, 0.4) is 0 Å². The largest absolute Gasteiger partial charge is 0.302 e. The number of nitrogens with zero attached hydrogens (tertiary/aromatic N) is 1. The van der Waals surface area contributed by atoms with Crippen LogP contribution in [-0.4, -0.2) is 25.0 Å². The molecular formula is C14H21N. The maximum atomic E-state index is 3.71. The van der Waals surface area contributed by atoms with Crippen LogP contribution in [-0.2, 0) is 0 Å². The van der Waals surface area contributed by atoms with Crippen molar-refractivity contribution in [3.63, 3.8) is 0 Å². The van der Waals surface area contributed by atoms with Crippen LogP contribution in [0.5, 0.6) is 0 Å². The summed E-state index contributed by atoms with van der Waals surface area (Å²) in [5, 5.41) is 0. The minimum absolute atomic E-state index is 0.956. The van der Waals surface area contributed by atoms with Gasteiger partial charge in [-0.05, 0) is 32.4 Å². The van der Waals surface area contributed by atoms with Crippen molar-refractivity contribution in [2.24, 2.45) is 0 Å². The van der Waals surface area contributed by atoms with Crippen LogP contribution in [0.4, 0.5) is 0 Å². The van der Waals surface area contributed by atoms with E-state index in [1.807, 2.05) is 6.08 Å². The highest BCUT2D eigenvalue weighted by Crippen LogP contribution is 2.11. The third-order valence-corrected chi connectivity index (χ3v) is 2.61. The highest BCUT2D eigenvalue weighted by molar-refractivity contribution is 5.28. The second kappa shape index (κ2) is 6.41. The van der Waals surface area contributed by atoms with Gasteiger partial charge in [0.2, 0.25) is 0 Å². The molecule has 0 aromatic rings. The topological polar surface area (TPSA) is 3.24 Å². The molecule has 1 nitrogen and oxygen atoms in total. The van der Waals surface area contributed by atoms with Gasteiger partial charge in [-0.1, -0.05) is 36.0 Å². The van der Waals surface area contributed by atoms with E-state index in [1.54, 1.807) is 0 Å². The Morgan fingerprint density at radius 2 is 2.40 bits per heavy atom.